The fourth-order valence-corrected chi connectivity index (χ4v) is 3.53. The zero-order chi connectivity index (χ0) is 24.7. The van der Waals surface area contributed by atoms with Crippen LogP contribution in [0.1, 0.15) is 5.56 Å². The smallest absolute Gasteiger partial charge is 0.313 e. The third-order valence-electron chi connectivity index (χ3n) is 5.22. The summed E-state index contributed by atoms with van der Waals surface area (Å²) in [5.41, 5.74) is 8.65. The van der Waals surface area contributed by atoms with E-state index < -0.39 is 4.92 Å². The summed E-state index contributed by atoms with van der Waals surface area (Å²) < 4.78 is 13.1. The molecule has 0 saturated heterocycles. The summed E-state index contributed by atoms with van der Waals surface area (Å²) in [6.45, 7) is 1.09. The van der Waals surface area contributed by atoms with E-state index in [1.165, 1.54) is 25.4 Å². The maximum atomic E-state index is 11.6. The molecule has 10 nitrogen and oxygen atoms in total. The molecule has 0 unspecified atom stereocenters. The number of hydrogen-bond donors (Lipinski definition) is 2. The highest BCUT2D eigenvalue weighted by Crippen LogP contribution is 2.37. The molecule has 3 aromatic rings. The normalized spacial score (nSPS) is 12.0. The number of methoxy groups -OCH3 is 1. The number of hydrogen-bond acceptors (Lipinski definition) is 8. The molecule has 0 aliphatic heterocycles. The fraction of sp³-hybridized carbons (Fsp3) is 0.292. The number of nitro groups is 1. The highest BCUT2D eigenvalue weighted by Gasteiger charge is 2.20. The van der Waals surface area contributed by atoms with Gasteiger partial charge in [0.15, 0.2) is 0 Å². The zero-order valence-electron chi connectivity index (χ0n) is 19.8. The molecule has 0 radical (unpaired) electrons. The molecule has 0 aliphatic carbocycles. The van der Waals surface area contributed by atoms with Crippen molar-refractivity contribution in [2.24, 2.45) is 17.8 Å². The van der Waals surface area contributed by atoms with Crippen LogP contribution in [0.25, 0.3) is 10.9 Å². The van der Waals surface area contributed by atoms with Crippen LogP contribution in [0.2, 0.25) is 0 Å². The lowest BCUT2D eigenvalue weighted by Crippen LogP contribution is -2.19. The minimum atomic E-state index is -0.475. The first-order valence-corrected chi connectivity index (χ1v) is 10.7. The van der Waals surface area contributed by atoms with Gasteiger partial charge in [-0.2, -0.15) is 0 Å². The Morgan fingerprint density at radius 2 is 2.06 bits per heavy atom. The van der Waals surface area contributed by atoms with Gasteiger partial charge >= 0.3 is 5.69 Å². The molecule has 3 rings (SSSR count). The van der Waals surface area contributed by atoms with Gasteiger partial charge in [0, 0.05) is 48.4 Å². The molecule has 3 N–H and O–H groups in total. The van der Waals surface area contributed by atoms with Gasteiger partial charge in [-0.1, -0.05) is 18.2 Å². The van der Waals surface area contributed by atoms with Crippen LogP contribution < -0.4 is 20.5 Å². The maximum absolute atomic E-state index is 11.6. The summed E-state index contributed by atoms with van der Waals surface area (Å²) in [4.78, 5) is 17.7. The van der Waals surface area contributed by atoms with Gasteiger partial charge in [-0.3, -0.25) is 15.1 Å². The van der Waals surface area contributed by atoms with Gasteiger partial charge in [-0.25, -0.2) is 0 Å². The molecule has 0 amide bonds. The number of nitrogens with two attached hydrogens (primary N) is 1. The molecule has 0 spiro atoms. The molecule has 0 bridgehead atoms. The SMILES string of the molecule is COc1cc(OCCN(C)C)c([N+](=O)[O-])cc1NCN=C(/C=C\N)c1cn(C)c2ccccc12. The second-order valence-electron chi connectivity index (χ2n) is 7.84. The maximum Gasteiger partial charge on any atom is 0.313 e. The quantitative estimate of drug-likeness (QED) is 0.252. The van der Waals surface area contributed by atoms with Gasteiger partial charge in [0.1, 0.15) is 19.0 Å². The van der Waals surface area contributed by atoms with Crippen LogP contribution in [0.4, 0.5) is 11.4 Å². The lowest BCUT2D eigenvalue weighted by molar-refractivity contribution is -0.385. The Kier molecular flexibility index (Phi) is 8.10. The van der Waals surface area contributed by atoms with Gasteiger partial charge < -0.3 is 30.0 Å². The monoisotopic (exact) mass is 466 g/mol. The summed E-state index contributed by atoms with van der Waals surface area (Å²) in [7, 11) is 7.27. The minimum absolute atomic E-state index is 0.150. The second kappa shape index (κ2) is 11.2. The van der Waals surface area contributed by atoms with Crippen molar-refractivity contribution in [1.82, 2.24) is 9.47 Å². The Morgan fingerprint density at radius 3 is 2.74 bits per heavy atom. The van der Waals surface area contributed by atoms with E-state index in [2.05, 4.69) is 10.3 Å². The van der Waals surface area contributed by atoms with E-state index in [1.807, 2.05) is 61.1 Å². The third-order valence-corrected chi connectivity index (χ3v) is 5.22. The van der Waals surface area contributed by atoms with Crippen molar-refractivity contribution in [3.63, 3.8) is 0 Å². The number of nitro benzene ring substituents is 1. The van der Waals surface area contributed by atoms with Gasteiger partial charge in [-0.05, 0) is 32.4 Å². The summed E-state index contributed by atoms with van der Waals surface area (Å²) in [5, 5.41) is 15.8. The van der Waals surface area contributed by atoms with Crippen molar-refractivity contribution in [2.75, 3.05) is 46.3 Å². The van der Waals surface area contributed by atoms with E-state index in [-0.39, 0.29) is 18.1 Å². The number of nitrogens with zero attached hydrogens (tertiary/aromatic N) is 4. The highest BCUT2D eigenvalue weighted by atomic mass is 16.6. The molecule has 1 heterocycles. The molecular formula is C24H30N6O4. The zero-order valence-corrected chi connectivity index (χ0v) is 19.8. The summed E-state index contributed by atoms with van der Waals surface area (Å²) in [5.74, 6) is 0.571. The third kappa shape index (κ3) is 5.65. The number of fused-ring (bicyclic) bond motifs is 1. The molecule has 34 heavy (non-hydrogen) atoms. The number of aliphatic imine (C=N–C) groups is 1. The van der Waals surface area contributed by atoms with E-state index in [9.17, 15) is 10.1 Å². The number of likely N-dealkylation sites (N-methyl/N-ethyl adjacent to an activating group) is 1. The number of allylic oxidation sites excluding steroid dienone is 1. The van der Waals surface area contributed by atoms with Crippen LogP contribution in [-0.4, -0.2) is 61.1 Å². The van der Waals surface area contributed by atoms with Gasteiger partial charge in [0.05, 0.1) is 23.4 Å². The van der Waals surface area contributed by atoms with Crippen molar-refractivity contribution >= 4 is 28.0 Å². The van der Waals surface area contributed by atoms with Crippen LogP contribution in [0.15, 0.2) is 59.9 Å². The topological polar surface area (TPSA) is 120 Å². The van der Waals surface area contributed by atoms with E-state index in [4.69, 9.17) is 15.2 Å². The van der Waals surface area contributed by atoms with Crippen LogP contribution in [0.5, 0.6) is 11.5 Å². The Morgan fingerprint density at radius 1 is 1.29 bits per heavy atom. The summed E-state index contributed by atoms with van der Waals surface area (Å²) >= 11 is 0. The number of anilines is 1. The Labute approximate surface area is 198 Å². The van der Waals surface area contributed by atoms with Gasteiger partial charge in [0.2, 0.25) is 5.75 Å². The molecule has 0 aliphatic rings. The van der Waals surface area contributed by atoms with Crippen molar-refractivity contribution in [3.8, 4) is 11.5 Å². The Balaban J connectivity index is 1.87. The van der Waals surface area contributed by atoms with Crippen molar-refractivity contribution in [3.05, 3.63) is 70.5 Å². The van der Waals surface area contributed by atoms with Crippen molar-refractivity contribution in [1.29, 1.82) is 0 Å². The predicted molar refractivity (Wildman–Crippen MR) is 135 cm³/mol. The van der Waals surface area contributed by atoms with E-state index in [1.54, 1.807) is 6.08 Å². The molecule has 10 heteroatoms. The number of benzene rings is 2. The number of aromatic nitrogens is 1. The number of nitrogens with one attached hydrogen (secondary N) is 1. The lowest BCUT2D eigenvalue weighted by Gasteiger charge is -2.14. The molecule has 0 atom stereocenters. The predicted octanol–water partition coefficient (Wildman–Crippen LogP) is 3.37. The van der Waals surface area contributed by atoms with Gasteiger partial charge in [0.25, 0.3) is 0 Å². The van der Waals surface area contributed by atoms with E-state index in [0.29, 0.717) is 30.3 Å². The Hall–Kier alpha value is -4.05. The summed E-state index contributed by atoms with van der Waals surface area (Å²) in [6, 6.07) is 10.9. The van der Waals surface area contributed by atoms with Crippen LogP contribution >= 0.6 is 0 Å². The van der Waals surface area contributed by atoms with Gasteiger partial charge in [-0.15, -0.1) is 0 Å². The first-order chi connectivity index (χ1) is 16.3. The van der Waals surface area contributed by atoms with Crippen LogP contribution in [0, 0.1) is 10.1 Å². The lowest BCUT2D eigenvalue weighted by atomic mass is 10.1. The molecule has 1 aromatic heterocycles. The molecule has 180 valence electrons. The van der Waals surface area contributed by atoms with E-state index >= 15 is 0 Å². The van der Waals surface area contributed by atoms with Crippen LogP contribution in [-0.2, 0) is 7.05 Å². The van der Waals surface area contributed by atoms with E-state index in [0.717, 1.165) is 16.5 Å². The molecular weight excluding hydrogens is 436 g/mol. The number of ether oxygens (including phenoxy) is 2. The first-order valence-electron chi connectivity index (χ1n) is 10.7. The standard InChI is InChI=1S/C24H30N6O4/c1-28(2)11-12-34-24-14-23(33-4)20(13-22(24)30(31)32)27-16-26-19(9-10-25)18-15-29(3)21-8-6-5-7-17(18)21/h5-10,13-15,27H,11-12,16,25H2,1-4H3/b10-9-,26-19?. The average Bonchev–Trinajstić information content (AvgIpc) is 3.15. The van der Waals surface area contributed by atoms with Crippen molar-refractivity contribution in [2.45, 2.75) is 0 Å². The minimum Gasteiger partial charge on any atom is -0.494 e. The number of aryl methyl sites for hydroxylation is 1. The molecule has 0 saturated carbocycles. The number of rotatable bonds is 11. The Bertz CT molecular complexity index is 1220. The van der Waals surface area contributed by atoms with Crippen LogP contribution in [0.3, 0.4) is 0 Å². The average molecular weight is 467 g/mol. The molecule has 0 fully saturated rings. The molecule has 2 aromatic carbocycles. The van der Waals surface area contributed by atoms with Crippen molar-refractivity contribution < 1.29 is 14.4 Å². The number of para-hydroxylation sites is 1. The highest BCUT2D eigenvalue weighted by molar-refractivity contribution is 6.16. The summed E-state index contributed by atoms with van der Waals surface area (Å²) in [6.07, 6.45) is 5.16. The fourth-order valence-electron chi connectivity index (χ4n) is 3.53. The first kappa shape index (κ1) is 24.6. The largest absolute Gasteiger partial charge is 0.494 e. The second-order valence-corrected chi connectivity index (χ2v) is 7.84.